The second-order valence-corrected chi connectivity index (χ2v) is 11.6. The summed E-state index contributed by atoms with van der Waals surface area (Å²) in [5.74, 6) is 2.41. The van der Waals surface area contributed by atoms with E-state index in [1.165, 1.54) is 35.5 Å². The fourth-order valence-electron chi connectivity index (χ4n) is 3.32. The van der Waals surface area contributed by atoms with Crippen LogP contribution in [0.1, 0.15) is 40.8 Å². The van der Waals surface area contributed by atoms with Gasteiger partial charge >= 0.3 is 0 Å². The molecular weight excluding hydrogens is 452 g/mol. The Hall–Kier alpha value is -1.68. The lowest BCUT2D eigenvalue weighted by Gasteiger charge is -2.21. The predicted octanol–water partition coefficient (Wildman–Crippen LogP) is 4.85. The van der Waals surface area contributed by atoms with Crippen LogP contribution in [-0.4, -0.2) is 50.3 Å². The van der Waals surface area contributed by atoms with Gasteiger partial charge in [0, 0.05) is 18.7 Å². The van der Waals surface area contributed by atoms with Gasteiger partial charge in [-0.1, -0.05) is 26.0 Å². The van der Waals surface area contributed by atoms with Crippen LogP contribution in [0.5, 0.6) is 5.75 Å². The zero-order valence-corrected chi connectivity index (χ0v) is 20.4. The van der Waals surface area contributed by atoms with Crippen molar-refractivity contribution >= 4 is 45.1 Å². The van der Waals surface area contributed by atoms with E-state index in [2.05, 4.69) is 5.32 Å². The van der Waals surface area contributed by atoms with Crippen LogP contribution >= 0.6 is 23.5 Å². The number of carbonyl (C=O) groups is 1. The fraction of sp³-hybridized carbons (Fsp3) is 0.409. The molecule has 0 aromatic heterocycles. The number of anilines is 1. The van der Waals surface area contributed by atoms with Crippen molar-refractivity contribution in [3.63, 3.8) is 0 Å². The van der Waals surface area contributed by atoms with Crippen molar-refractivity contribution in [3.8, 4) is 5.75 Å². The first-order valence-electron chi connectivity index (χ1n) is 10.2. The Bertz CT molecular complexity index is 1000. The summed E-state index contributed by atoms with van der Waals surface area (Å²) in [4.78, 5) is 13.0. The Morgan fingerprint density at radius 1 is 1.10 bits per heavy atom. The van der Waals surface area contributed by atoms with Gasteiger partial charge in [-0.15, -0.1) is 23.5 Å². The topological polar surface area (TPSA) is 75.7 Å². The SMILES string of the molecule is CCN(CC)S(=O)(=O)c1ccc(OC)c(NC(=O)c2ccc(C3SCCCS3)cc2)c1. The summed E-state index contributed by atoms with van der Waals surface area (Å²) < 4.78 is 32.8. The molecule has 6 nitrogen and oxygen atoms in total. The summed E-state index contributed by atoms with van der Waals surface area (Å²) in [6, 6.07) is 12.1. The molecule has 9 heteroatoms. The monoisotopic (exact) mass is 480 g/mol. The number of rotatable bonds is 8. The number of ether oxygens (including phenoxy) is 1. The van der Waals surface area contributed by atoms with Crippen molar-refractivity contribution < 1.29 is 17.9 Å². The number of hydrogen-bond donors (Lipinski definition) is 1. The quantitative estimate of drug-likeness (QED) is 0.582. The molecule has 2 aromatic rings. The summed E-state index contributed by atoms with van der Waals surface area (Å²) in [6.45, 7) is 4.33. The molecule has 31 heavy (non-hydrogen) atoms. The number of methoxy groups -OCH3 is 1. The van der Waals surface area contributed by atoms with Crippen molar-refractivity contribution in [2.75, 3.05) is 37.0 Å². The minimum Gasteiger partial charge on any atom is -0.495 e. The van der Waals surface area contributed by atoms with E-state index in [1.54, 1.807) is 19.9 Å². The maximum absolute atomic E-state index is 12.9. The van der Waals surface area contributed by atoms with Gasteiger partial charge in [0.1, 0.15) is 5.75 Å². The molecule has 2 aromatic carbocycles. The third-order valence-electron chi connectivity index (χ3n) is 5.03. The van der Waals surface area contributed by atoms with Crippen LogP contribution in [0, 0.1) is 0 Å². The van der Waals surface area contributed by atoms with Crippen LogP contribution < -0.4 is 10.1 Å². The third kappa shape index (κ3) is 5.58. The lowest BCUT2D eigenvalue weighted by atomic mass is 10.1. The van der Waals surface area contributed by atoms with E-state index in [0.717, 1.165) is 11.5 Å². The van der Waals surface area contributed by atoms with Gasteiger partial charge in [-0.2, -0.15) is 4.31 Å². The lowest BCUT2D eigenvalue weighted by Crippen LogP contribution is -2.30. The standard InChI is InChI=1S/C22H28N2O4S3/c1-4-24(5-2)31(26,27)18-11-12-20(28-3)19(15-18)23-21(25)16-7-9-17(10-8-16)22-29-13-6-14-30-22/h7-12,15,22H,4-6,13-14H2,1-3H3,(H,23,25). The number of benzene rings is 2. The maximum atomic E-state index is 12.9. The highest BCUT2D eigenvalue weighted by atomic mass is 32.2. The maximum Gasteiger partial charge on any atom is 0.255 e. The molecule has 0 radical (unpaired) electrons. The summed E-state index contributed by atoms with van der Waals surface area (Å²) in [5.41, 5.74) is 2.04. The van der Waals surface area contributed by atoms with Crippen LogP contribution in [0.2, 0.25) is 0 Å². The summed E-state index contributed by atoms with van der Waals surface area (Å²) >= 11 is 3.87. The van der Waals surface area contributed by atoms with Crippen LogP contribution in [0.15, 0.2) is 47.4 Å². The first-order valence-corrected chi connectivity index (χ1v) is 13.8. The van der Waals surface area contributed by atoms with E-state index in [9.17, 15) is 13.2 Å². The predicted molar refractivity (Wildman–Crippen MR) is 130 cm³/mol. The van der Waals surface area contributed by atoms with E-state index in [0.29, 0.717) is 34.7 Å². The number of thioether (sulfide) groups is 2. The molecule has 1 saturated heterocycles. The zero-order valence-electron chi connectivity index (χ0n) is 18.0. The Labute approximate surface area is 193 Å². The van der Waals surface area contributed by atoms with E-state index < -0.39 is 10.0 Å². The molecular formula is C22H28N2O4S3. The molecule has 0 atom stereocenters. The van der Waals surface area contributed by atoms with E-state index in [1.807, 2.05) is 47.8 Å². The third-order valence-corrected chi connectivity index (χ3v) is 10.1. The number of sulfonamides is 1. The van der Waals surface area contributed by atoms with Crippen LogP contribution in [0.4, 0.5) is 5.69 Å². The highest BCUT2D eigenvalue weighted by Crippen LogP contribution is 2.43. The molecule has 0 spiro atoms. The molecule has 168 valence electrons. The van der Waals surface area contributed by atoms with Gasteiger partial charge < -0.3 is 10.1 Å². The Kier molecular flexibility index (Phi) is 8.32. The molecule has 1 aliphatic heterocycles. The molecule has 0 bridgehead atoms. The number of nitrogens with one attached hydrogen (secondary N) is 1. The van der Waals surface area contributed by atoms with Gasteiger partial charge in [-0.25, -0.2) is 8.42 Å². The molecule has 1 aliphatic rings. The largest absolute Gasteiger partial charge is 0.495 e. The Morgan fingerprint density at radius 2 is 1.74 bits per heavy atom. The number of hydrogen-bond acceptors (Lipinski definition) is 6. The first-order chi connectivity index (χ1) is 14.9. The molecule has 1 heterocycles. The van der Waals surface area contributed by atoms with Crippen molar-refractivity contribution in [1.82, 2.24) is 4.31 Å². The minimum absolute atomic E-state index is 0.119. The van der Waals surface area contributed by atoms with Gasteiger partial charge in [-0.3, -0.25) is 4.79 Å². The first kappa shape index (κ1) is 24.0. The van der Waals surface area contributed by atoms with Crippen molar-refractivity contribution in [3.05, 3.63) is 53.6 Å². The van der Waals surface area contributed by atoms with Gasteiger partial charge in [0.2, 0.25) is 10.0 Å². The van der Waals surface area contributed by atoms with Crippen molar-refractivity contribution in [1.29, 1.82) is 0 Å². The second kappa shape index (κ2) is 10.8. The zero-order chi connectivity index (χ0) is 22.4. The van der Waals surface area contributed by atoms with Gasteiger partial charge in [0.15, 0.2) is 0 Å². The molecule has 0 unspecified atom stereocenters. The highest BCUT2D eigenvalue weighted by molar-refractivity contribution is 8.16. The molecule has 3 rings (SSSR count). The van der Waals surface area contributed by atoms with Crippen LogP contribution in [0.25, 0.3) is 0 Å². The van der Waals surface area contributed by atoms with Crippen molar-refractivity contribution in [2.45, 2.75) is 29.7 Å². The molecule has 1 N–H and O–H groups in total. The fourth-order valence-corrected chi connectivity index (χ4v) is 7.70. The number of carbonyl (C=O) groups excluding carboxylic acids is 1. The summed E-state index contributed by atoms with van der Waals surface area (Å²) in [5, 5.41) is 2.81. The molecule has 1 fully saturated rings. The summed E-state index contributed by atoms with van der Waals surface area (Å²) in [6.07, 6.45) is 1.23. The normalized spacial score (nSPS) is 15.1. The average molecular weight is 481 g/mol. The van der Waals surface area contributed by atoms with Gasteiger partial charge in [0.05, 0.1) is 22.3 Å². The molecule has 0 aliphatic carbocycles. The highest BCUT2D eigenvalue weighted by Gasteiger charge is 2.23. The van der Waals surface area contributed by atoms with E-state index in [-0.39, 0.29) is 10.8 Å². The average Bonchev–Trinajstić information content (AvgIpc) is 2.80. The Morgan fingerprint density at radius 3 is 2.32 bits per heavy atom. The van der Waals surface area contributed by atoms with E-state index >= 15 is 0 Å². The smallest absolute Gasteiger partial charge is 0.255 e. The Balaban J connectivity index is 1.81. The van der Waals surface area contributed by atoms with Crippen LogP contribution in [-0.2, 0) is 10.0 Å². The minimum atomic E-state index is -3.65. The van der Waals surface area contributed by atoms with Gasteiger partial charge in [0.25, 0.3) is 5.91 Å². The van der Waals surface area contributed by atoms with Crippen LogP contribution in [0.3, 0.4) is 0 Å². The second-order valence-electron chi connectivity index (χ2n) is 6.95. The summed E-state index contributed by atoms with van der Waals surface area (Å²) in [7, 11) is -2.16. The number of amides is 1. The van der Waals surface area contributed by atoms with E-state index in [4.69, 9.17) is 4.74 Å². The molecule has 0 saturated carbocycles. The number of nitrogens with zero attached hydrogens (tertiary/aromatic N) is 1. The van der Waals surface area contributed by atoms with Gasteiger partial charge in [-0.05, 0) is 53.8 Å². The lowest BCUT2D eigenvalue weighted by molar-refractivity contribution is 0.102. The molecule has 1 amide bonds. The van der Waals surface area contributed by atoms with Crippen molar-refractivity contribution in [2.24, 2.45) is 0 Å².